The van der Waals surface area contributed by atoms with E-state index in [4.69, 9.17) is 27.9 Å². The number of ketones is 1. The van der Waals surface area contributed by atoms with Gasteiger partial charge in [-0.15, -0.1) is 11.8 Å². The van der Waals surface area contributed by atoms with Crippen LogP contribution in [0.1, 0.15) is 13.3 Å². The number of carbonyl (C=O) groups is 2. The third-order valence-corrected chi connectivity index (χ3v) is 5.00. The Morgan fingerprint density at radius 2 is 2.12 bits per heavy atom. The van der Waals surface area contributed by atoms with Gasteiger partial charge in [0.05, 0.1) is 9.95 Å². The minimum Gasteiger partial charge on any atom is -0.484 e. The molecule has 0 spiro atoms. The quantitative estimate of drug-likeness (QED) is 0.424. The van der Waals surface area contributed by atoms with Gasteiger partial charge in [-0.05, 0) is 24.6 Å². The molecule has 10 heteroatoms. The Hall–Kier alpha value is -1.77. The summed E-state index contributed by atoms with van der Waals surface area (Å²) in [7, 11) is 0. The molecule has 0 saturated carbocycles. The summed E-state index contributed by atoms with van der Waals surface area (Å²) in [5, 5.41) is 12.0. The highest BCUT2D eigenvalue weighted by atomic mass is 35.5. The highest BCUT2D eigenvalue weighted by Crippen LogP contribution is 2.31. The Balaban J connectivity index is 2.24. The molecule has 2 rings (SSSR count). The van der Waals surface area contributed by atoms with Crippen molar-refractivity contribution in [3.05, 3.63) is 49.1 Å². The number of Topliss-reactive ketones (excluding diaryl/α,β-unsaturated/α-hetero) is 1. The van der Waals surface area contributed by atoms with Crippen LogP contribution in [-0.2, 0) is 9.59 Å². The lowest BCUT2D eigenvalue weighted by Gasteiger charge is -2.27. The van der Waals surface area contributed by atoms with Crippen molar-refractivity contribution >= 4 is 46.7 Å². The second kappa shape index (κ2) is 8.55. The van der Waals surface area contributed by atoms with Gasteiger partial charge in [0.15, 0.2) is 11.6 Å². The van der Waals surface area contributed by atoms with Gasteiger partial charge in [0.2, 0.25) is 5.91 Å². The van der Waals surface area contributed by atoms with Crippen LogP contribution < -0.4 is 4.74 Å². The number of benzene rings is 1. The fourth-order valence-electron chi connectivity index (χ4n) is 2.17. The number of halogens is 2. The van der Waals surface area contributed by atoms with Crippen LogP contribution in [0.4, 0.5) is 0 Å². The van der Waals surface area contributed by atoms with Crippen LogP contribution in [0.15, 0.2) is 28.9 Å². The molecule has 0 aromatic heterocycles. The number of hydrogen-bond acceptors (Lipinski definition) is 6. The summed E-state index contributed by atoms with van der Waals surface area (Å²) < 4.78 is 5.28. The number of thioether (sulfide) groups is 1. The number of amides is 1. The molecule has 134 valence electrons. The van der Waals surface area contributed by atoms with Crippen LogP contribution in [0.3, 0.4) is 0 Å². The first kappa shape index (κ1) is 19.6. The highest BCUT2D eigenvalue weighted by Gasteiger charge is 2.34. The maximum atomic E-state index is 12.4. The van der Waals surface area contributed by atoms with Crippen LogP contribution in [0.2, 0.25) is 10.0 Å². The van der Waals surface area contributed by atoms with Crippen molar-refractivity contribution in [1.82, 2.24) is 4.90 Å². The molecule has 0 bridgehead atoms. The van der Waals surface area contributed by atoms with E-state index in [2.05, 4.69) is 0 Å². The molecular formula is C15H14Cl2N2O5S. The van der Waals surface area contributed by atoms with Crippen molar-refractivity contribution in [2.75, 3.05) is 18.9 Å². The second-order valence-corrected chi connectivity index (χ2v) is 7.00. The summed E-state index contributed by atoms with van der Waals surface area (Å²) in [6, 6.07) is 4.42. The average Bonchev–Trinajstić information content (AvgIpc) is 2.54. The third-order valence-electron chi connectivity index (χ3n) is 3.29. The number of hydrogen-bond donors (Lipinski definition) is 0. The smallest absolute Gasteiger partial charge is 0.345 e. The zero-order valence-corrected chi connectivity index (χ0v) is 15.5. The molecular weight excluding hydrogens is 391 g/mol. The molecule has 1 amide bonds. The van der Waals surface area contributed by atoms with Crippen molar-refractivity contribution in [2.45, 2.75) is 13.3 Å². The maximum Gasteiger partial charge on any atom is 0.345 e. The summed E-state index contributed by atoms with van der Waals surface area (Å²) in [5.74, 6) is -0.414. The van der Waals surface area contributed by atoms with Crippen molar-refractivity contribution < 1.29 is 19.2 Å². The van der Waals surface area contributed by atoms with Crippen LogP contribution in [0.5, 0.6) is 5.75 Å². The fourth-order valence-corrected chi connectivity index (χ4v) is 3.80. The standard InChI is InChI=1S/C15H14Cl2N2O5S/c1-9(20)18-5-2-6-25-15(18)14(19(22)23)12(21)8-24-13-4-3-10(16)7-11(13)17/h3-4,7H,2,5-6,8H2,1H3. The first-order valence-corrected chi connectivity index (χ1v) is 8.96. The highest BCUT2D eigenvalue weighted by molar-refractivity contribution is 8.03. The van der Waals surface area contributed by atoms with Crippen LogP contribution in [0.25, 0.3) is 0 Å². The molecule has 1 aliphatic rings. The van der Waals surface area contributed by atoms with Crippen LogP contribution in [-0.4, -0.2) is 40.4 Å². The Bertz CT molecular complexity index is 753. The molecule has 0 unspecified atom stereocenters. The second-order valence-electron chi connectivity index (χ2n) is 5.07. The van der Waals surface area contributed by atoms with Gasteiger partial charge in [0.1, 0.15) is 5.75 Å². The lowest BCUT2D eigenvalue weighted by Crippen LogP contribution is -2.35. The number of rotatable bonds is 5. The van der Waals surface area contributed by atoms with Crippen LogP contribution in [0, 0.1) is 10.1 Å². The van der Waals surface area contributed by atoms with Crippen molar-refractivity contribution in [3.63, 3.8) is 0 Å². The number of nitrogens with zero attached hydrogens (tertiary/aromatic N) is 2. The first-order valence-electron chi connectivity index (χ1n) is 7.22. The van der Waals surface area contributed by atoms with Gasteiger partial charge in [-0.2, -0.15) is 0 Å². The lowest BCUT2D eigenvalue weighted by atomic mass is 10.3. The minimum absolute atomic E-state index is 0.0551. The molecule has 0 radical (unpaired) electrons. The molecule has 7 nitrogen and oxygen atoms in total. The zero-order valence-electron chi connectivity index (χ0n) is 13.2. The molecule has 1 aromatic rings. The largest absolute Gasteiger partial charge is 0.484 e. The van der Waals surface area contributed by atoms with E-state index in [9.17, 15) is 19.7 Å². The van der Waals surface area contributed by atoms with Crippen molar-refractivity contribution in [2.24, 2.45) is 0 Å². The molecule has 0 aliphatic carbocycles. The average molecular weight is 405 g/mol. The Morgan fingerprint density at radius 3 is 2.72 bits per heavy atom. The molecule has 0 atom stereocenters. The number of carbonyl (C=O) groups excluding carboxylic acids is 2. The SMILES string of the molecule is CC(=O)N1CCCSC1=C(C(=O)COc1ccc(Cl)cc1Cl)[N+](=O)[O-]. The van der Waals surface area contributed by atoms with E-state index in [1.807, 2.05) is 0 Å². The summed E-state index contributed by atoms with van der Waals surface area (Å²) in [4.78, 5) is 35.9. The Labute approximate surface area is 158 Å². The molecule has 1 saturated heterocycles. The van der Waals surface area contributed by atoms with Gasteiger partial charge in [-0.25, -0.2) is 0 Å². The molecule has 1 fully saturated rings. The normalized spacial score (nSPS) is 16.4. The van der Waals surface area contributed by atoms with Gasteiger partial charge in [0.25, 0.3) is 5.78 Å². The monoisotopic (exact) mass is 404 g/mol. The first-order chi connectivity index (χ1) is 11.8. The van der Waals surface area contributed by atoms with E-state index in [1.165, 1.54) is 30.0 Å². The summed E-state index contributed by atoms with van der Waals surface area (Å²) >= 11 is 12.8. The lowest BCUT2D eigenvalue weighted by molar-refractivity contribution is -0.420. The fraction of sp³-hybridized carbons (Fsp3) is 0.333. The number of ether oxygens (including phenoxy) is 1. The molecule has 1 aliphatic heterocycles. The van der Waals surface area contributed by atoms with Gasteiger partial charge >= 0.3 is 5.70 Å². The van der Waals surface area contributed by atoms with E-state index in [0.29, 0.717) is 23.7 Å². The van der Waals surface area contributed by atoms with E-state index in [1.54, 1.807) is 0 Å². The van der Waals surface area contributed by atoms with Crippen molar-refractivity contribution in [1.29, 1.82) is 0 Å². The predicted octanol–water partition coefficient (Wildman–Crippen LogP) is 3.37. The van der Waals surface area contributed by atoms with Crippen LogP contribution >= 0.6 is 35.0 Å². The molecule has 25 heavy (non-hydrogen) atoms. The Morgan fingerprint density at radius 1 is 1.40 bits per heavy atom. The topological polar surface area (TPSA) is 89.8 Å². The maximum absolute atomic E-state index is 12.4. The third kappa shape index (κ3) is 4.87. The van der Waals surface area contributed by atoms with Gasteiger partial charge in [-0.3, -0.25) is 19.7 Å². The summed E-state index contributed by atoms with van der Waals surface area (Å²) in [6.07, 6.45) is 0.698. The zero-order chi connectivity index (χ0) is 18.6. The Kier molecular flexibility index (Phi) is 6.69. The van der Waals surface area contributed by atoms with E-state index in [-0.39, 0.29) is 21.7 Å². The van der Waals surface area contributed by atoms with Gasteiger partial charge in [0, 0.05) is 24.2 Å². The molecule has 1 aromatic carbocycles. The predicted molar refractivity (Wildman–Crippen MR) is 95.4 cm³/mol. The van der Waals surface area contributed by atoms with E-state index < -0.39 is 23.0 Å². The molecule has 1 heterocycles. The number of nitro groups is 1. The van der Waals surface area contributed by atoms with Gasteiger partial charge in [-0.1, -0.05) is 23.2 Å². The van der Waals surface area contributed by atoms with E-state index >= 15 is 0 Å². The summed E-state index contributed by atoms with van der Waals surface area (Å²) in [6.45, 7) is 1.07. The van der Waals surface area contributed by atoms with E-state index in [0.717, 1.165) is 11.8 Å². The van der Waals surface area contributed by atoms with Gasteiger partial charge < -0.3 is 9.64 Å². The minimum atomic E-state index is -0.841. The van der Waals surface area contributed by atoms with Crippen molar-refractivity contribution in [3.8, 4) is 5.75 Å². The molecule has 0 N–H and O–H groups in total. The summed E-state index contributed by atoms with van der Waals surface area (Å²) in [5.41, 5.74) is -0.648.